The summed E-state index contributed by atoms with van der Waals surface area (Å²) in [7, 11) is 1.66. The number of benzene rings is 2. The molecule has 0 bridgehead atoms. The standard InChI is InChI=1S/C23H27NO5Si/c1-15-14-16(30(4,5)6)10-11-17(15)28-21-13-12-20(29-21)23(25)24-22-18(26-2)8-7-9-19(22)27-3/h7-14H,1-6H3,(H,24,25). The van der Waals surface area contributed by atoms with Gasteiger partial charge in [0, 0.05) is 6.07 Å². The third kappa shape index (κ3) is 4.68. The molecule has 0 fully saturated rings. The summed E-state index contributed by atoms with van der Waals surface area (Å²) in [6, 6.07) is 14.7. The molecule has 0 aliphatic rings. The Kier molecular flexibility index (Phi) is 6.22. The molecule has 158 valence electrons. The molecule has 0 saturated carbocycles. The van der Waals surface area contributed by atoms with Crippen LogP contribution in [-0.2, 0) is 0 Å². The number of carbonyl (C=O) groups is 1. The molecule has 1 heterocycles. The van der Waals surface area contributed by atoms with Gasteiger partial charge in [-0.05, 0) is 36.8 Å². The second kappa shape index (κ2) is 8.67. The molecule has 3 rings (SSSR count). The average Bonchev–Trinajstić information content (AvgIpc) is 3.17. The summed E-state index contributed by atoms with van der Waals surface area (Å²) in [6.45, 7) is 8.91. The van der Waals surface area contributed by atoms with Crippen LogP contribution in [0.1, 0.15) is 16.1 Å². The maximum atomic E-state index is 12.7. The van der Waals surface area contributed by atoms with Gasteiger partial charge in [-0.15, -0.1) is 0 Å². The van der Waals surface area contributed by atoms with Gasteiger partial charge in [0.05, 0.1) is 22.3 Å². The molecular weight excluding hydrogens is 398 g/mol. The topological polar surface area (TPSA) is 69.9 Å². The smallest absolute Gasteiger partial charge is 0.291 e. The highest BCUT2D eigenvalue weighted by molar-refractivity contribution is 6.88. The number of hydrogen-bond donors (Lipinski definition) is 1. The number of carbonyl (C=O) groups excluding carboxylic acids is 1. The summed E-state index contributed by atoms with van der Waals surface area (Å²) in [4.78, 5) is 12.7. The molecule has 6 nitrogen and oxygen atoms in total. The van der Waals surface area contributed by atoms with Crippen LogP contribution >= 0.6 is 0 Å². The lowest BCUT2D eigenvalue weighted by atomic mass is 10.2. The molecule has 0 aliphatic carbocycles. The molecule has 0 aliphatic heterocycles. The highest BCUT2D eigenvalue weighted by Gasteiger charge is 2.19. The second-order valence-electron chi connectivity index (χ2n) is 7.94. The maximum absolute atomic E-state index is 12.7. The number of para-hydroxylation sites is 1. The second-order valence-corrected chi connectivity index (χ2v) is 13.0. The molecule has 3 aromatic rings. The van der Waals surface area contributed by atoms with Crippen LogP contribution in [0, 0.1) is 6.92 Å². The minimum atomic E-state index is -1.40. The van der Waals surface area contributed by atoms with Crippen LogP contribution in [0.2, 0.25) is 19.6 Å². The maximum Gasteiger partial charge on any atom is 0.291 e. The van der Waals surface area contributed by atoms with Crippen LogP contribution in [-0.4, -0.2) is 28.2 Å². The molecule has 2 aromatic carbocycles. The summed E-state index contributed by atoms with van der Waals surface area (Å²) in [6.07, 6.45) is 0. The van der Waals surface area contributed by atoms with Gasteiger partial charge >= 0.3 is 0 Å². The van der Waals surface area contributed by atoms with Gasteiger partial charge in [0.1, 0.15) is 22.9 Å². The zero-order valence-electron chi connectivity index (χ0n) is 18.2. The van der Waals surface area contributed by atoms with Crippen molar-refractivity contribution in [3.05, 3.63) is 59.9 Å². The third-order valence-corrected chi connectivity index (χ3v) is 6.77. The van der Waals surface area contributed by atoms with E-state index in [2.05, 4.69) is 37.1 Å². The summed E-state index contributed by atoms with van der Waals surface area (Å²) in [5.41, 5.74) is 1.46. The normalized spacial score (nSPS) is 11.1. The van der Waals surface area contributed by atoms with Gasteiger partial charge in [0.2, 0.25) is 0 Å². The first-order chi connectivity index (χ1) is 14.2. The minimum Gasteiger partial charge on any atom is -0.494 e. The quantitative estimate of drug-likeness (QED) is 0.527. The van der Waals surface area contributed by atoms with Crippen molar-refractivity contribution in [3.8, 4) is 23.2 Å². The lowest BCUT2D eigenvalue weighted by Gasteiger charge is -2.18. The van der Waals surface area contributed by atoms with Crippen molar-refractivity contribution < 1.29 is 23.4 Å². The van der Waals surface area contributed by atoms with Crippen molar-refractivity contribution in [2.45, 2.75) is 26.6 Å². The fraction of sp³-hybridized carbons (Fsp3) is 0.261. The van der Waals surface area contributed by atoms with Crippen LogP contribution in [0.4, 0.5) is 5.69 Å². The Hall–Kier alpha value is -3.19. The molecule has 0 unspecified atom stereocenters. The third-order valence-electron chi connectivity index (χ3n) is 4.72. The van der Waals surface area contributed by atoms with Gasteiger partial charge in [0.25, 0.3) is 11.9 Å². The Morgan fingerprint density at radius 2 is 1.60 bits per heavy atom. The number of amides is 1. The first-order valence-corrected chi connectivity index (χ1v) is 13.1. The van der Waals surface area contributed by atoms with E-state index in [0.29, 0.717) is 22.9 Å². The molecule has 7 heteroatoms. The van der Waals surface area contributed by atoms with Crippen LogP contribution in [0.15, 0.2) is 52.9 Å². The SMILES string of the molecule is COc1cccc(OC)c1NC(=O)c1ccc(Oc2ccc([Si](C)(C)C)cc2C)o1. The number of rotatable bonds is 7. The first kappa shape index (κ1) is 21.5. The predicted molar refractivity (Wildman–Crippen MR) is 120 cm³/mol. The van der Waals surface area contributed by atoms with Gasteiger partial charge in [-0.25, -0.2) is 0 Å². The summed E-state index contributed by atoms with van der Waals surface area (Å²) < 4.78 is 22.1. The van der Waals surface area contributed by atoms with E-state index in [9.17, 15) is 4.79 Å². The number of nitrogens with one attached hydrogen (secondary N) is 1. The van der Waals surface area contributed by atoms with Crippen LogP contribution in [0.5, 0.6) is 23.2 Å². The molecular formula is C23H27NO5Si. The summed E-state index contributed by atoms with van der Waals surface area (Å²) >= 11 is 0. The molecule has 0 radical (unpaired) electrons. The van der Waals surface area contributed by atoms with Gasteiger partial charge in [-0.3, -0.25) is 4.79 Å². The van der Waals surface area contributed by atoms with Gasteiger partial charge in [0.15, 0.2) is 5.76 Å². The molecule has 1 aromatic heterocycles. The Morgan fingerprint density at radius 3 is 2.17 bits per heavy atom. The van der Waals surface area contributed by atoms with Gasteiger partial charge in [-0.1, -0.05) is 43.0 Å². The van der Waals surface area contributed by atoms with E-state index in [4.69, 9.17) is 18.6 Å². The van der Waals surface area contributed by atoms with Gasteiger partial charge in [-0.2, -0.15) is 0 Å². The van der Waals surface area contributed by atoms with E-state index < -0.39 is 14.0 Å². The Balaban J connectivity index is 1.77. The van der Waals surface area contributed by atoms with Crippen LogP contribution in [0.25, 0.3) is 0 Å². The predicted octanol–water partition coefficient (Wildman–Crippen LogP) is 5.20. The Labute approximate surface area is 177 Å². The van der Waals surface area contributed by atoms with Crippen molar-refractivity contribution in [3.63, 3.8) is 0 Å². The minimum absolute atomic E-state index is 0.120. The highest BCUT2D eigenvalue weighted by Crippen LogP contribution is 2.35. The van der Waals surface area contributed by atoms with Crippen LogP contribution < -0.4 is 24.7 Å². The van der Waals surface area contributed by atoms with Crippen molar-refractivity contribution in [2.24, 2.45) is 0 Å². The fourth-order valence-electron chi connectivity index (χ4n) is 2.99. The number of methoxy groups -OCH3 is 2. The largest absolute Gasteiger partial charge is 0.494 e. The monoisotopic (exact) mass is 425 g/mol. The first-order valence-electron chi connectivity index (χ1n) is 9.64. The molecule has 30 heavy (non-hydrogen) atoms. The van der Waals surface area contributed by atoms with Crippen molar-refractivity contribution >= 4 is 24.9 Å². The van der Waals surface area contributed by atoms with E-state index in [1.807, 2.05) is 13.0 Å². The highest BCUT2D eigenvalue weighted by atomic mass is 28.3. The number of furan rings is 1. The van der Waals surface area contributed by atoms with Crippen LogP contribution in [0.3, 0.4) is 0 Å². The molecule has 0 spiro atoms. The van der Waals surface area contributed by atoms with E-state index >= 15 is 0 Å². The zero-order chi connectivity index (χ0) is 21.9. The lowest BCUT2D eigenvalue weighted by molar-refractivity contribution is 0.0991. The number of aryl methyl sites for hydroxylation is 1. The average molecular weight is 426 g/mol. The Morgan fingerprint density at radius 1 is 0.933 bits per heavy atom. The molecule has 1 N–H and O–H groups in total. The van der Waals surface area contributed by atoms with E-state index in [-0.39, 0.29) is 11.7 Å². The summed E-state index contributed by atoms with van der Waals surface area (Å²) in [5.74, 6) is 1.61. The van der Waals surface area contributed by atoms with E-state index in [0.717, 1.165) is 5.56 Å². The number of ether oxygens (including phenoxy) is 3. The Bertz CT molecular complexity index is 1030. The van der Waals surface area contributed by atoms with E-state index in [1.54, 1.807) is 30.3 Å². The van der Waals surface area contributed by atoms with Crippen molar-refractivity contribution in [1.29, 1.82) is 0 Å². The van der Waals surface area contributed by atoms with E-state index in [1.165, 1.54) is 19.4 Å². The molecule has 1 amide bonds. The molecule has 0 atom stereocenters. The number of anilines is 1. The number of hydrogen-bond acceptors (Lipinski definition) is 5. The summed E-state index contributed by atoms with van der Waals surface area (Å²) in [5, 5.41) is 4.14. The van der Waals surface area contributed by atoms with Crippen molar-refractivity contribution in [1.82, 2.24) is 0 Å². The van der Waals surface area contributed by atoms with Gasteiger partial charge < -0.3 is 23.9 Å². The zero-order valence-corrected chi connectivity index (χ0v) is 19.2. The van der Waals surface area contributed by atoms with Crippen molar-refractivity contribution in [2.75, 3.05) is 19.5 Å². The molecule has 0 saturated heterocycles. The fourth-order valence-corrected chi connectivity index (χ4v) is 4.22. The lowest BCUT2D eigenvalue weighted by Crippen LogP contribution is -2.37.